The third-order valence-corrected chi connectivity index (χ3v) is 6.80. The van der Waals surface area contributed by atoms with Crippen LogP contribution in [-0.4, -0.2) is 75.5 Å². The highest BCUT2D eigenvalue weighted by Gasteiger charge is 2.34. The third-order valence-electron chi connectivity index (χ3n) is 6.80. The number of carbonyl (C=O) groups excluding carboxylic acids is 1. The molecule has 5 aliphatic heterocycles. The molecular weight excluding hydrogens is 452 g/mol. The molecule has 188 valence electrons. The van der Waals surface area contributed by atoms with Crippen LogP contribution in [0.3, 0.4) is 0 Å². The van der Waals surface area contributed by atoms with Gasteiger partial charge in [-0.1, -0.05) is 12.1 Å². The van der Waals surface area contributed by atoms with Gasteiger partial charge in [-0.15, -0.1) is 0 Å². The lowest BCUT2D eigenvalue weighted by molar-refractivity contribution is -0.125. The number of nitrogens with zero attached hydrogens (tertiary/aromatic N) is 5. The van der Waals surface area contributed by atoms with Gasteiger partial charge in [0.2, 0.25) is 11.9 Å². The summed E-state index contributed by atoms with van der Waals surface area (Å²) in [5.74, 6) is 1.43. The van der Waals surface area contributed by atoms with E-state index in [4.69, 9.17) is 0 Å². The highest BCUT2D eigenvalue weighted by molar-refractivity contribution is 5.78. The molecule has 36 heavy (non-hydrogen) atoms. The Hall–Kier alpha value is -3.56. The van der Waals surface area contributed by atoms with Crippen molar-refractivity contribution in [1.82, 2.24) is 30.1 Å². The standard InChI is InChI=1S/C27H34N8O/c1-27(2)19-34-11-12-35(27)18-25(36)29-8-4-9-30-26-31-15-22(16-32-26)21-7-10-28-24(14-21)33-23-6-3-5-20(13-23)17-34/h3,5-7,10,13-16H,4,8-9,11-12,17-19H2,1-2H3,(H,28,33)(H,29,36)(H,30,31,32). The molecular formula is C27H34N8O. The van der Waals surface area contributed by atoms with Gasteiger partial charge in [-0.3, -0.25) is 14.6 Å². The smallest absolute Gasteiger partial charge is 0.234 e. The topological polar surface area (TPSA) is 98.3 Å². The van der Waals surface area contributed by atoms with Crippen molar-refractivity contribution >= 4 is 23.4 Å². The zero-order valence-electron chi connectivity index (χ0n) is 21.0. The molecule has 9 nitrogen and oxygen atoms in total. The molecule has 8 rings (SSSR count). The average molecular weight is 487 g/mol. The lowest BCUT2D eigenvalue weighted by atomic mass is 9.98. The van der Waals surface area contributed by atoms with Crippen LogP contribution in [0.5, 0.6) is 0 Å². The summed E-state index contributed by atoms with van der Waals surface area (Å²) in [5, 5.41) is 9.74. The minimum atomic E-state index is -0.0874. The summed E-state index contributed by atoms with van der Waals surface area (Å²) in [6.07, 6.45) is 6.22. The van der Waals surface area contributed by atoms with Crippen LogP contribution >= 0.6 is 0 Å². The van der Waals surface area contributed by atoms with E-state index >= 15 is 0 Å². The van der Waals surface area contributed by atoms with Crippen molar-refractivity contribution in [2.24, 2.45) is 0 Å². The van der Waals surface area contributed by atoms with Crippen molar-refractivity contribution < 1.29 is 4.79 Å². The molecule has 1 fully saturated rings. The van der Waals surface area contributed by atoms with Gasteiger partial charge in [-0.2, -0.15) is 0 Å². The molecule has 2 unspecified atom stereocenters. The summed E-state index contributed by atoms with van der Waals surface area (Å²) in [4.78, 5) is 30.8. The van der Waals surface area contributed by atoms with Gasteiger partial charge in [-0.05, 0) is 55.7 Å². The van der Waals surface area contributed by atoms with Gasteiger partial charge in [0.1, 0.15) is 5.82 Å². The molecule has 9 heteroatoms. The minimum absolute atomic E-state index is 0.0738. The summed E-state index contributed by atoms with van der Waals surface area (Å²) < 4.78 is 0. The Balaban J connectivity index is 1.38. The van der Waals surface area contributed by atoms with Gasteiger partial charge in [0.15, 0.2) is 0 Å². The zero-order chi connectivity index (χ0) is 25.0. The van der Waals surface area contributed by atoms with Crippen molar-refractivity contribution in [3.05, 3.63) is 60.6 Å². The van der Waals surface area contributed by atoms with E-state index in [2.05, 4.69) is 78.8 Å². The molecule has 2 atom stereocenters. The maximum absolute atomic E-state index is 12.6. The van der Waals surface area contributed by atoms with Crippen molar-refractivity contribution in [2.45, 2.75) is 32.4 Å². The SMILES string of the molecule is CC1(C)CN2CCN1CC(=O)NCCCNc1ncc(cn1)-c1ccnc(c1)Nc1cccc(c1)C2. The van der Waals surface area contributed by atoms with Crippen LogP contribution in [0, 0.1) is 0 Å². The molecule has 7 heterocycles. The van der Waals surface area contributed by atoms with Gasteiger partial charge in [0.25, 0.3) is 0 Å². The molecule has 2 aromatic heterocycles. The predicted molar refractivity (Wildman–Crippen MR) is 142 cm³/mol. The number of hydrogen-bond donors (Lipinski definition) is 3. The summed E-state index contributed by atoms with van der Waals surface area (Å²) in [5.41, 5.74) is 4.08. The van der Waals surface area contributed by atoms with Gasteiger partial charge in [-0.25, -0.2) is 15.0 Å². The molecule has 1 amide bonds. The Morgan fingerprint density at radius 1 is 0.917 bits per heavy atom. The summed E-state index contributed by atoms with van der Waals surface area (Å²) in [6.45, 7) is 9.73. The van der Waals surface area contributed by atoms with E-state index in [1.807, 2.05) is 24.5 Å². The van der Waals surface area contributed by atoms with Gasteiger partial charge in [0.05, 0.1) is 6.54 Å². The van der Waals surface area contributed by atoms with Crippen LogP contribution in [0.2, 0.25) is 0 Å². The second-order valence-electron chi connectivity index (χ2n) is 10.1. The number of anilines is 3. The van der Waals surface area contributed by atoms with E-state index in [0.717, 1.165) is 55.2 Å². The van der Waals surface area contributed by atoms with Crippen molar-refractivity contribution in [2.75, 3.05) is 49.9 Å². The molecule has 3 aromatic rings. The quantitative estimate of drug-likeness (QED) is 0.446. The number of benzene rings is 1. The van der Waals surface area contributed by atoms with E-state index in [1.165, 1.54) is 5.56 Å². The number of amides is 1. The average Bonchev–Trinajstić information content (AvgIpc) is 2.85. The molecule has 3 N–H and O–H groups in total. The third kappa shape index (κ3) is 5.98. The second-order valence-corrected chi connectivity index (χ2v) is 10.1. The number of carbonyl (C=O) groups is 1. The molecule has 1 aromatic carbocycles. The molecule has 0 spiro atoms. The van der Waals surface area contributed by atoms with Crippen molar-refractivity contribution in [3.8, 4) is 11.1 Å². The number of aromatic nitrogens is 3. The van der Waals surface area contributed by atoms with Crippen LogP contribution in [0.1, 0.15) is 25.8 Å². The van der Waals surface area contributed by atoms with Crippen LogP contribution in [0.15, 0.2) is 55.0 Å². The van der Waals surface area contributed by atoms with Crippen LogP contribution < -0.4 is 16.0 Å². The Labute approximate surface area is 212 Å². The highest BCUT2D eigenvalue weighted by Crippen LogP contribution is 2.25. The zero-order valence-corrected chi connectivity index (χ0v) is 21.0. The molecule has 1 saturated heterocycles. The van der Waals surface area contributed by atoms with E-state index < -0.39 is 0 Å². The van der Waals surface area contributed by atoms with Crippen LogP contribution in [0.25, 0.3) is 11.1 Å². The van der Waals surface area contributed by atoms with Gasteiger partial charge >= 0.3 is 0 Å². The number of rotatable bonds is 0. The fourth-order valence-electron chi connectivity index (χ4n) is 4.87. The number of pyridine rings is 1. The van der Waals surface area contributed by atoms with Crippen LogP contribution in [-0.2, 0) is 11.3 Å². The van der Waals surface area contributed by atoms with Gasteiger partial charge in [0, 0.05) is 74.6 Å². The Kier molecular flexibility index (Phi) is 7.11. The maximum Gasteiger partial charge on any atom is 0.234 e. The first-order chi connectivity index (χ1) is 17.4. The van der Waals surface area contributed by atoms with Crippen molar-refractivity contribution in [3.63, 3.8) is 0 Å². The lowest BCUT2D eigenvalue weighted by Gasteiger charge is -2.47. The lowest BCUT2D eigenvalue weighted by Crippen LogP contribution is -2.60. The first kappa shape index (κ1) is 24.1. The fraction of sp³-hybridized carbons (Fsp3) is 0.407. The van der Waals surface area contributed by atoms with Gasteiger partial charge < -0.3 is 16.0 Å². The Morgan fingerprint density at radius 3 is 2.58 bits per heavy atom. The molecule has 8 bridgehead atoms. The maximum atomic E-state index is 12.6. The normalized spacial score (nSPS) is 22.2. The van der Waals surface area contributed by atoms with Crippen LogP contribution in [0.4, 0.5) is 17.5 Å². The second kappa shape index (κ2) is 10.6. The largest absolute Gasteiger partial charge is 0.355 e. The number of nitrogens with one attached hydrogen (secondary N) is 3. The molecule has 5 aliphatic rings. The van der Waals surface area contributed by atoms with E-state index in [-0.39, 0.29) is 11.4 Å². The monoisotopic (exact) mass is 486 g/mol. The Morgan fingerprint density at radius 2 is 1.75 bits per heavy atom. The highest BCUT2D eigenvalue weighted by atomic mass is 16.2. The summed E-state index contributed by atoms with van der Waals surface area (Å²) in [6, 6.07) is 12.4. The minimum Gasteiger partial charge on any atom is -0.355 e. The fourth-order valence-corrected chi connectivity index (χ4v) is 4.87. The first-order valence-corrected chi connectivity index (χ1v) is 12.6. The summed E-state index contributed by atoms with van der Waals surface area (Å²) >= 11 is 0. The Bertz CT molecular complexity index is 1200. The van der Waals surface area contributed by atoms with E-state index in [9.17, 15) is 4.79 Å². The predicted octanol–water partition coefficient (Wildman–Crippen LogP) is 3.11. The van der Waals surface area contributed by atoms with Crippen molar-refractivity contribution in [1.29, 1.82) is 0 Å². The molecule has 0 aliphatic carbocycles. The summed E-state index contributed by atoms with van der Waals surface area (Å²) in [7, 11) is 0. The molecule has 0 radical (unpaired) electrons. The number of piperazine rings is 1. The van der Waals surface area contributed by atoms with E-state index in [0.29, 0.717) is 25.6 Å². The number of hydrogen-bond acceptors (Lipinski definition) is 8. The van der Waals surface area contributed by atoms with E-state index in [1.54, 1.807) is 6.20 Å². The first-order valence-electron chi connectivity index (χ1n) is 12.6. The molecule has 0 saturated carbocycles.